The fraction of sp³-hybridized carbons (Fsp3) is 0.286. The highest BCUT2D eigenvalue weighted by Gasteiger charge is 2.11. The molecule has 3 N–H and O–H groups in total. The van der Waals surface area contributed by atoms with Crippen LogP contribution in [0.25, 0.3) is 0 Å². The van der Waals surface area contributed by atoms with Gasteiger partial charge in [-0.05, 0) is 71.2 Å². The van der Waals surface area contributed by atoms with Crippen molar-refractivity contribution in [2.24, 2.45) is 10.8 Å². The molecule has 0 atom stereocenters. The number of hydrazone groups is 1. The van der Waals surface area contributed by atoms with Gasteiger partial charge in [-0.2, -0.15) is 5.10 Å². The summed E-state index contributed by atoms with van der Waals surface area (Å²) in [6.07, 6.45) is 2.36. The van der Waals surface area contributed by atoms with Crippen LogP contribution in [0, 0.1) is 0 Å². The molecule has 2 aromatic carbocycles. The topological polar surface area (TPSA) is 112 Å². The Hall–Kier alpha value is -3.07. The number of hydrogen-bond acceptors (Lipinski definition) is 6. The maximum Gasteiger partial charge on any atom is 0.271 e. The number of carbonyl (C=O) groups is 2. The minimum Gasteiger partial charge on any atom is -0.490 e. The van der Waals surface area contributed by atoms with Gasteiger partial charge in [0.2, 0.25) is 0 Å². The fourth-order valence-electron chi connectivity index (χ4n) is 2.34. The van der Waals surface area contributed by atoms with Gasteiger partial charge in [-0.3, -0.25) is 9.59 Å². The molecule has 30 heavy (non-hydrogen) atoms. The first-order valence-electron chi connectivity index (χ1n) is 9.38. The number of carbonyl (C=O) groups excluding carboxylic acids is 2. The maximum absolute atomic E-state index is 12.4. The molecule has 9 heteroatoms. The van der Waals surface area contributed by atoms with Gasteiger partial charge in [0.25, 0.3) is 11.8 Å². The molecule has 0 aliphatic heterocycles. The van der Waals surface area contributed by atoms with Gasteiger partial charge in [-0.25, -0.2) is 5.43 Å². The van der Waals surface area contributed by atoms with Crippen molar-refractivity contribution < 1.29 is 23.8 Å². The predicted molar refractivity (Wildman–Crippen MR) is 117 cm³/mol. The third-order valence-corrected chi connectivity index (χ3v) is 4.29. The molecule has 0 aliphatic carbocycles. The SMILES string of the molecule is CCCOc1ccc(C(=O)N/N=C/c2ccc(OCC(N)=O)c(Br)c2)cc1OCC. The summed E-state index contributed by atoms with van der Waals surface area (Å²) in [5, 5.41) is 3.98. The number of primary amides is 1. The number of nitrogens with one attached hydrogen (secondary N) is 1. The molecule has 0 fully saturated rings. The van der Waals surface area contributed by atoms with Crippen LogP contribution in [0.4, 0.5) is 0 Å². The second-order valence-electron chi connectivity index (χ2n) is 6.09. The molecule has 0 aliphatic rings. The van der Waals surface area contributed by atoms with Gasteiger partial charge >= 0.3 is 0 Å². The monoisotopic (exact) mass is 477 g/mol. The second-order valence-corrected chi connectivity index (χ2v) is 6.94. The Kier molecular flexibility index (Phi) is 9.14. The molecule has 0 aromatic heterocycles. The standard InChI is InChI=1S/C21H24BrN3O5/c1-3-9-29-18-8-6-15(11-19(18)28-4-2)21(27)25-24-12-14-5-7-17(16(22)10-14)30-13-20(23)26/h5-8,10-12H,3-4,9,13H2,1-2H3,(H2,23,26)(H,25,27)/b24-12+. The number of nitrogens with two attached hydrogens (primary N) is 1. The van der Waals surface area contributed by atoms with Crippen LogP contribution in [0.15, 0.2) is 46.0 Å². The molecule has 0 saturated carbocycles. The van der Waals surface area contributed by atoms with E-state index in [2.05, 4.69) is 26.5 Å². The molecule has 0 radical (unpaired) electrons. The van der Waals surface area contributed by atoms with Crippen LogP contribution >= 0.6 is 15.9 Å². The van der Waals surface area contributed by atoms with Gasteiger partial charge in [-0.15, -0.1) is 0 Å². The molecule has 0 saturated heterocycles. The van der Waals surface area contributed by atoms with Crippen molar-refractivity contribution in [2.45, 2.75) is 20.3 Å². The van der Waals surface area contributed by atoms with E-state index < -0.39 is 5.91 Å². The molecular formula is C21H24BrN3O5. The van der Waals surface area contributed by atoms with E-state index in [1.54, 1.807) is 36.4 Å². The number of rotatable bonds is 11. The van der Waals surface area contributed by atoms with E-state index in [-0.39, 0.29) is 12.5 Å². The number of halogens is 1. The van der Waals surface area contributed by atoms with Crippen LogP contribution in [0.5, 0.6) is 17.2 Å². The third kappa shape index (κ3) is 7.07. The van der Waals surface area contributed by atoms with Gasteiger partial charge in [0, 0.05) is 5.56 Å². The lowest BCUT2D eigenvalue weighted by Crippen LogP contribution is -2.20. The maximum atomic E-state index is 12.4. The number of ether oxygens (including phenoxy) is 3. The normalized spacial score (nSPS) is 10.6. The van der Waals surface area contributed by atoms with E-state index in [1.807, 2.05) is 13.8 Å². The average molecular weight is 478 g/mol. The van der Waals surface area contributed by atoms with Gasteiger partial charge in [-0.1, -0.05) is 6.92 Å². The van der Waals surface area contributed by atoms with Crippen molar-refractivity contribution in [1.82, 2.24) is 5.43 Å². The van der Waals surface area contributed by atoms with Crippen molar-refractivity contribution in [2.75, 3.05) is 19.8 Å². The van der Waals surface area contributed by atoms with Gasteiger partial charge < -0.3 is 19.9 Å². The molecule has 0 spiro atoms. The highest BCUT2D eigenvalue weighted by atomic mass is 79.9. The van der Waals surface area contributed by atoms with Crippen LogP contribution in [-0.2, 0) is 4.79 Å². The molecule has 2 amide bonds. The Morgan fingerprint density at radius 3 is 2.50 bits per heavy atom. The van der Waals surface area contributed by atoms with Gasteiger partial charge in [0.15, 0.2) is 18.1 Å². The van der Waals surface area contributed by atoms with Crippen LogP contribution < -0.4 is 25.4 Å². The largest absolute Gasteiger partial charge is 0.490 e. The van der Waals surface area contributed by atoms with E-state index in [9.17, 15) is 9.59 Å². The molecule has 0 unspecified atom stereocenters. The van der Waals surface area contributed by atoms with E-state index in [4.69, 9.17) is 19.9 Å². The molecule has 0 heterocycles. The second kappa shape index (κ2) is 11.8. The zero-order chi connectivity index (χ0) is 21.9. The van der Waals surface area contributed by atoms with Crippen molar-refractivity contribution in [3.05, 3.63) is 52.0 Å². The van der Waals surface area contributed by atoms with Gasteiger partial charge in [0.05, 0.1) is 23.9 Å². The summed E-state index contributed by atoms with van der Waals surface area (Å²) in [5.74, 6) is 0.645. The first-order valence-corrected chi connectivity index (χ1v) is 10.2. The van der Waals surface area contributed by atoms with Crippen molar-refractivity contribution in [3.8, 4) is 17.2 Å². The smallest absolute Gasteiger partial charge is 0.271 e. The number of nitrogens with zero attached hydrogens (tertiary/aromatic N) is 1. The Morgan fingerprint density at radius 1 is 1.07 bits per heavy atom. The van der Waals surface area contributed by atoms with Gasteiger partial charge in [0.1, 0.15) is 5.75 Å². The highest BCUT2D eigenvalue weighted by molar-refractivity contribution is 9.10. The zero-order valence-electron chi connectivity index (χ0n) is 16.8. The first kappa shape index (κ1) is 23.2. The number of hydrogen-bond donors (Lipinski definition) is 2. The molecule has 2 aromatic rings. The Labute approximate surface area is 183 Å². The van der Waals surface area contributed by atoms with Crippen molar-refractivity contribution in [1.29, 1.82) is 0 Å². The summed E-state index contributed by atoms with van der Waals surface area (Å²) in [6, 6.07) is 10.1. The first-order chi connectivity index (χ1) is 14.4. The fourth-order valence-corrected chi connectivity index (χ4v) is 2.85. The number of benzene rings is 2. The number of amides is 2. The van der Waals surface area contributed by atoms with E-state index in [0.717, 1.165) is 6.42 Å². The quantitative estimate of drug-likeness (QED) is 0.380. The average Bonchev–Trinajstić information content (AvgIpc) is 2.72. The van der Waals surface area contributed by atoms with E-state index >= 15 is 0 Å². The van der Waals surface area contributed by atoms with Crippen LogP contribution in [0.3, 0.4) is 0 Å². The van der Waals surface area contributed by atoms with Crippen LogP contribution in [-0.4, -0.2) is 37.8 Å². The van der Waals surface area contributed by atoms with E-state index in [0.29, 0.717) is 46.1 Å². The summed E-state index contributed by atoms with van der Waals surface area (Å²) in [6.45, 7) is 4.69. The summed E-state index contributed by atoms with van der Waals surface area (Å²) in [7, 11) is 0. The molecular weight excluding hydrogens is 454 g/mol. The Balaban J connectivity index is 2.02. The molecule has 8 nitrogen and oxygen atoms in total. The highest BCUT2D eigenvalue weighted by Crippen LogP contribution is 2.29. The molecule has 160 valence electrons. The van der Waals surface area contributed by atoms with Crippen LogP contribution in [0.2, 0.25) is 0 Å². The summed E-state index contributed by atoms with van der Waals surface area (Å²) in [4.78, 5) is 23.2. The lowest BCUT2D eigenvalue weighted by Gasteiger charge is -2.12. The Morgan fingerprint density at radius 2 is 1.83 bits per heavy atom. The van der Waals surface area contributed by atoms with E-state index in [1.165, 1.54) is 6.21 Å². The van der Waals surface area contributed by atoms with Crippen molar-refractivity contribution in [3.63, 3.8) is 0 Å². The molecule has 0 bridgehead atoms. The zero-order valence-corrected chi connectivity index (χ0v) is 18.4. The third-order valence-electron chi connectivity index (χ3n) is 3.67. The lowest BCUT2D eigenvalue weighted by atomic mass is 10.2. The summed E-state index contributed by atoms with van der Waals surface area (Å²) >= 11 is 3.35. The van der Waals surface area contributed by atoms with Crippen LogP contribution in [0.1, 0.15) is 36.2 Å². The summed E-state index contributed by atoms with van der Waals surface area (Å²) in [5.41, 5.74) is 8.66. The molecule has 2 rings (SSSR count). The minimum absolute atomic E-state index is 0.214. The Bertz CT molecular complexity index is 918. The van der Waals surface area contributed by atoms with Crippen molar-refractivity contribution >= 4 is 34.0 Å². The lowest BCUT2D eigenvalue weighted by molar-refractivity contribution is -0.119. The minimum atomic E-state index is -0.562. The predicted octanol–water partition coefficient (Wildman–Crippen LogP) is 3.26. The summed E-state index contributed by atoms with van der Waals surface area (Å²) < 4.78 is 17.1.